The van der Waals surface area contributed by atoms with Gasteiger partial charge in [0.2, 0.25) is 5.91 Å². The number of hydrogen-bond acceptors (Lipinski definition) is 3. The molecule has 0 spiro atoms. The smallest absolute Gasteiger partial charge is 0.324 e. The first-order valence-electron chi connectivity index (χ1n) is 9.44. The van der Waals surface area contributed by atoms with Gasteiger partial charge >= 0.3 is 5.69 Å². The van der Waals surface area contributed by atoms with Gasteiger partial charge < -0.3 is 5.32 Å². The molecule has 1 aromatic heterocycles. The van der Waals surface area contributed by atoms with Crippen LogP contribution in [0.5, 0.6) is 0 Å². The summed E-state index contributed by atoms with van der Waals surface area (Å²) in [6.07, 6.45) is 0. The normalized spacial score (nSPS) is 10.9. The lowest BCUT2D eigenvalue weighted by Crippen LogP contribution is -2.42. The summed E-state index contributed by atoms with van der Waals surface area (Å²) in [7, 11) is 0. The number of rotatable bonds is 5. The fourth-order valence-corrected chi connectivity index (χ4v) is 3.47. The van der Waals surface area contributed by atoms with E-state index in [1.807, 2.05) is 0 Å². The van der Waals surface area contributed by atoms with Crippen LogP contribution in [-0.4, -0.2) is 15.0 Å². The number of nitrogens with one attached hydrogen (secondary N) is 1. The average Bonchev–Trinajstić information content (AvgIpc) is 2.75. The van der Waals surface area contributed by atoms with Crippen LogP contribution in [0.1, 0.15) is 5.56 Å². The van der Waals surface area contributed by atoms with Gasteiger partial charge in [-0.2, -0.15) is 0 Å². The number of aromatic nitrogens is 2. The van der Waals surface area contributed by atoms with Crippen molar-refractivity contribution < 1.29 is 9.18 Å². The Morgan fingerprint density at radius 2 is 1.68 bits per heavy atom. The van der Waals surface area contributed by atoms with Crippen molar-refractivity contribution in [3.63, 3.8) is 0 Å². The molecule has 0 aliphatic carbocycles. The fraction of sp³-hybridized carbons (Fsp3) is 0.0870. The van der Waals surface area contributed by atoms with E-state index in [1.54, 1.807) is 54.6 Å². The van der Waals surface area contributed by atoms with Gasteiger partial charge in [0.1, 0.15) is 12.4 Å². The van der Waals surface area contributed by atoms with Crippen molar-refractivity contribution in [2.75, 3.05) is 5.32 Å². The molecule has 0 bridgehead atoms. The van der Waals surface area contributed by atoms with Gasteiger partial charge in [-0.1, -0.05) is 41.9 Å². The molecule has 0 aliphatic rings. The van der Waals surface area contributed by atoms with Gasteiger partial charge in [-0.15, -0.1) is 0 Å². The third-order valence-corrected chi connectivity index (χ3v) is 5.05. The number of carbonyl (C=O) groups is 1. The minimum absolute atomic E-state index is 0.0329. The number of carbonyl (C=O) groups excluding carboxylic acids is 1. The van der Waals surface area contributed by atoms with E-state index in [-0.39, 0.29) is 18.8 Å². The summed E-state index contributed by atoms with van der Waals surface area (Å²) < 4.78 is 15.7. The zero-order valence-corrected chi connectivity index (χ0v) is 17.0. The molecule has 0 fully saturated rings. The van der Waals surface area contributed by atoms with Gasteiger partial charge in [0, 0.05) is 10.7 Å². The number of nitrogens with zero attached hydrogens (tertiary/aromatic N) is 2. The van der Waals surface area contributed by atoms with Crippen molar-refractivity contribution >= 4 is 34.1 Å². The molecule has 0 aliphatic heterocycles. The van der Waals surface area contributed by atoms with E-state index in [2.05, 4.69) is 5.32 Å². The molecule has 3 aromatic carbocycles. The zero-order valence-electron chi connectivity index (χ0n) is 16.2. The molecule has 1 heterocycles. The number of anilines is 1. The van der Waals surface area contributed by atoms with Crippen LogP contribution < -0.4 is 16.6 Å². The lowest BCUT2D eigenvalue weighted by molar-refractivity contribution is -0.116. The minimum atomic E-state index is -0.618. The first kappa shape index (κ1) is 20.6. The molecule has 8 heteroatoms. The van der Waals surface area contributed by atoms with Crippen LogP contribution in [0.3, 0.4) is 0 Å². The number of hydrogen-bond donors (Lipinski definition) is 1. The molecule has 0 unspecified atom stereocenters. The van der Waals surface area contributed by atoms with Crippen LogP contribution in [0.25, 0.3) is 10.9 Å². The molecule has 6 nitrogen and oxygen atoms in total. The summed E-state index contributed by atoms with van der Waals surface area (Å²) in [6.45, 7) is -0.304. The van der Waals surface area contributed by atoms with Crippen LogP contribution in [0.15, 0.2) is 82.4 Å². The number of halogens is 2. The highest BCUT2D eigenvalue weighted by atomic mass is 35.5. The summed E-state index contributed by atoms with van der Waals surface area (Å²) >= 11 is 5.91. The molecule has 4 aromatic rings. The lowest BCUT2D eigenvalue weighted by atomic mass is 10.2. The molecule has 0 atom stereocenters. The van der Waals surface area contributed by atoms with Crippen LogP contribution in [0, 0.1) is 5.82 Å². The maximum Gasteiger partial charge on any atom is 0.332 e. The lowest BCUT2D eigenvalue weighted by Gasteiger charge is -2.14. The molecular weight excluding hydrogens is 421 g/mol. The van der Waals surface area contributed by atoms with Crippen molar-refractivity contribution in [2.45, 2.75) is 13.1 Å². The monoisotopic (exact) mass is 437 g/mol. The molecule has 156 valence electrons. The SMILES string of the molecule is O=C(Cn1c(=O)n(Cc2ccc(Cl)cc2)c(=O)c2ccccc21)Nc1cccc(F)c1. The second-order valence-corrected chi connectivity index (χ2v) is 7.40. The summed E-state index contributed by atoms with van der Waals surface area (Å²) in [6, 6.07) is 18.9. The van der Waals surface area contributed by atoms with Crippen LogP contribution in [0.2, 0.25) is 5.02 Å². The second kappa shape index (κ2) is 8.57. The Labute approximate surface area is 181 Å². The van der Waals surface area contributed by atoms with Crippen LogP contribution in [-0.2, 0) is 17.9 Å². The van der Waals surface area contributed by atoms with Crippen molar-refractivity contribution in [3.8, 4) is 0 Å². The molecule has 4 rings (SSSR count). The highest BCUT2D eigenvalue weighted by Gasteiger charge is 2.16. The number of para-hydroxylation sites is 1. The van der Waals surface area contributed by atoms with Crippen molar-refractivity contribution in [2.24, 2.45) is 0 Å². The maximum atomic E-state index is 13.4. The summed E-state index contributed by atoms with van der Waals surface area (Å²) in [5.41, 5.74) is 0.274. The predicted molar refractivity (Wildman–Crippen MR) is 118 cm³/mol. The van der Waals surface area contributed by atoms with E-state index in [0.717, 1.165) is 10.1 Å². The Bertz CT molecular complexity index is 1390. The quantitative estimate of drug-likeness (QED) is 0.518. The van der Waals surface area contributed by atoms with Gasteiger partial charge in [0.05, 0.1) is 17.4 Å². The van der Waals surface area contributed by atoms with Gasteiger partial charge in [-0.25, -0.2) is 9.18 Å². The van der Waals surface area contributed by atoms with Gasteiger partial charge in [-0.3, -0.25) is 18.7 Å². The van der Waals surface area contributed by atoms with E-state index < -0.39 is 23.0 Å². The fourth-order valence-electron chi connectivity index (χ4n) is 3.35. The minimum Gasteiger partial charge on any atom is -0.324 e. The van der Waals surface area contributed by atoms with Crippen molar-refractivity contribution in [3.05, 3.63) is 110 Å². The first-order valence-corrected chi connectivity index (χ1v) is 9.82. The molecule has 0 radical (unpaired) electrons. The van der Waals surface area contributed by atoms with Gasteiger partial charge in [0.25, 0.3) is 5.56 Å². The molecular formula is C23H17ClFN3O3. The Kier molecular flexibility index (Phi) is 5.68. The Balaban J connectivity index is 1.75. The van der Waals surface area contributed by atoms with E-state index >= 15 is 0 Å². The third-order valence-electron chi connectivity index (χ3n) is 4.80. The topological polar surface area (TPSA) is 73.1 Å². The second-order valence-electron chi connectivity index (χ2n) is 6.96. The number of amides is 1. The number of benzene rings is 3. The Morgan fingerprint density at radius 3 is 2.42 bits per heavy atom. The highest BCUT2D eigenvalue weighted by molar-refractivity contribution is 6.30. The van der Waals surface area contributed by atoms with Gasteiger partial charge in [-0.05, 0) is 48.0 Å². The largest absolute Gasteiger partial charge is 0.332 e. The predicted octanol–water partition coefficient (Wildman–Crippen LogP) is 3.64. The van der Waals surface area contributed by atoms with Crippen LogP contribution >= 0.6 is 11.6 Å². The summed E-state index contributed by atoms with van der Waals surface area (Å²) in [5.74, 6) is -1.01. The molecule has 31 heavy (non-hydrogen) atoms. The molecule has 1 amide bonds. The summed E-state index contributed by atoms with van der Waals surface area (Å²) in [5, 5.41) is 3.43. The number of fused-ring (bicyclic) bond motifs is 1. The molecule has 0 saturated heterocycles. The zero-order chi connectivity index (χ0) is 22.0. The molecule has 0 saturated carbocycles. The van der Waals surface area contributed by atoms with E-state index in [1.165, 1.54) is 22.8 Å². The maximum absolute atomic E-state index is 13.4. The van der Waals surface area contributed by atoms with Crippen molar-refractivity contribution in [1.29, 1.82) is 0 Å². The van der Waals surface area contributed by atoms with E-state index in [4.69, 9.17) is 11.6 Å². The first-order chi connectivity index (χ1) is 14.9. The average molecular weight is 438 g/mol. The van der Waals surface area contributed by atoms with Crippen LogP contribution in [0.4, 0.5) is 10.1 Å². The third kappa shape index (κ3) is 4.41. The standard InChI is InChI=1S/C23H17ClFN3O3/c24-16-10-8-15(9-11-16)13-28-22(30)19-6-1-2-7-20(19)27(23(28)31)14-21(29)26-18-5-3-4-17(25)12-18/h1-12H,13-14H2,(H,26,29). The van der Waals surface area contributed by atoms with E-state index in [0.29, 0.717) is 15.9 Å². The Hall–Kier alpha value is -3.71. The van der Waals surface area contributed by atoms with E-state index in [9.17, 15) is 18.8 Å². The van der Waals surface area contributed by atoms with Crippen molar-refractivity contribution in [1.82, 2.24) is 9.13 Å². The Morgan fingerprint density at radius 1 is 0.935 bits per heavy atom. The molecule has 1 N–H and O–H groups in total. The highest BCUT2D eigenvalue weighted by Crippen LogP contribution is 2.13. The van der Waals surface area contributed by atoms with Gasteiger partial charge in [0.15, 0.2) is 0 Å². The summed E-state index contributed by atoms with van der Waals surface area (Å²) in [4.78, 5) is 38.7.